The molecule has 0 unspecified atom stereocenters. The molecule has 2 heterocycles. The number of hydrogen-bond acceptors (Lipinski definition) is 6. The van der Waals surface area contributed by atoms with E-state index in [0.29, 0.717) is 32.0 Å². The van der Waals surface area contributed by atoms with E-state index in [0.717, 1.165) is 24.3 Å². The summed E-state index contributed by atoms with van der Waals surface area (Å²) in [7, 11) is 0. The van der Waals surface area contributed by atoms with E-state index >= 15 is 0 Å². The molecule has 184 valence electrons. The second-order valence-corrected chi connectivity index (χ2v) is 7.61. The molecule has 1 aromatic heterocycles. The van der Waals surface area contributed by atoms with Crippen molar-refractivity contribution < 1.29 is 35.8 Å². The molecule has 0 radical (unpaired) electrons. The number of nitrogens with zero attached hydrogens (tertiary/aromatic N) is 4. The summed E-state index contributed by atoms with van der Waals surface area (Å²) in [6.45, 7) is 1.22. The Labute approximate surface area is 194 Å². The Kier molecular flexibility index (Phi) is 6.58. The van der Waals surface area contributed by atoms with E-state index in [4.69, 9.17) is 14.7 Å². The van der Waals surface area contributed by atoms with Gasteiger partial charge in [0.25, 0.3) is 0 Å². The first kappa shape index (κ1) is 24.3. The fourth-order valence-corrected chi connectivity index (χ4v) is 3.64. The zero-order valence-electron chi connectivity index (χ0n) is 17.9. The van der Waals surface area contributed by atoms with Gasteiger partial charge in [-0.1, -0.05) is 0 Å². The number of nitriles is 1. The number of H-pyrrole nitrogens is 1. The van der Waals surface area contributed by atoms with Gasteiger partial charge >= 0.3 is 12.4 Å². The van der Waals surface area contributed by atoms with E-state index in [1.165, 1.54) is 12.1 Å². The van der Waals surface area contributed by atoms with Crippen LogP contribution in [0.1, 0.15) is 22.4 Å². The lowest BCUT2D eigenvalue weighted by atomic mass is 10.1. The van der Waals surface area contributed by atoms with Crippen LogP contribution < -0.4 is 9.64 Å². The van der Waals surface area contributed by atoms with Gasteiger partial charge in [-0.2, -0.15) is 41.9 Å². The minimum Gasteiger partial charge on any atom is -0.489 e. The highest BCUT2D eigenvalue weighted by molar-refractivity contribution is 5.67. The minimum atomic E-state index is -4.75. The molecule has 0 bridgehead atoms. The SMILES string of the molecule is N#Cc1n[nH]nc1-c1cc(OCc2cc(C(F)(F)F)ccc2N2CCOCC2)cc(C(F)(F)F)c1. The largest absolute Gasteiger partial charge is 0.489 e. The zero-order valence-corrected chi connectivity index (χ0v) is 17.9. The van der Waals surface area contributed by atoms with Crippen LogP contribution in [0.4, 0.5) is 32.0 Å². The van der Waals surface area contributed by atoms with Crippen LogP contribution in [0.3, 0.4) is 0 Å². The van der Waals surface area contributed by atoms with Crippen molar-refractivity contribution in [1.29, 1.82) is 5.26 Å². The number of benzene rings is 2. The number of alkyl halides is 6. The fraction of sp³-hybridized carbons (Fsp3) is 0.318. The van der Waals surface area contributed by atoms with Crippen LogP contribution in [0.25, 0.3) is 11.3 Å². The van der Waals surface area contributed by atoms with Crippen molar-refractivity contribution in [1.82, 2.24) is 15.4 Å². The average molecular weight is 497 g/mol. The van der Waals surface area contributed by atoms with Gasteiger partial charge < -0.3 is 14.4 Å². The molecule has 1 N–H and O–H groups in total. The van der Waals surface area contributed by atoms with Crippen molar-refractivity contribution in [3.8, 4) is 23.1 Å². The monoisotopic (exact) mass is 497 g/mol. The van der Waals surface area contributed by atoms with Crippen molar-refractivity contribution in [3.63, 3.8) is 0 Å². The van der Waals surface area contributed by atoms with Crippen LogP contribution in [0, 0.1) is 11.3 Å². The Hall–Kier alpha value is -3.79. The summed E-state index contributed by atoms with van der Waals surface area (Å²) >= 11 is 0. The first-order valence-electron chi connectivity index (χ1n) is 10.3. The predicted octanol–water partition coefficient (Wildman–Crippen LogP) is 4.80. The van der Waals surface area contributed by atoms with Crippen LogP contribution in [0.5, 0.6) is 5.75 Å². The van der Waals surface area contributed by atoms with E-state index < -0.39 is 30.1 Å². The smallest absolute Gasteiger partial charge is 0.416 e. The number of halogens is 6. The number of aromatic amines is 1. The number of nitrogens with one attached hydrogen (secondary N) is 1. The standard InChI is InChI=1S/C22H17F6N5O2/c23-21(24,25)15-1-2-19(33-3-5-34-6-4-33)14(8-15)12-35-17-9-13(7-16(10-17)22(26,27)28)20-18(11-29)30-32-31-20/h1-2,7-10H,3-6,12H2,(H,30,31,32). The molecule has 0 aliphatic carbocycles. The highest BCUT2D eigenvalue weighted by atomic mass is 19.4. The molecule has 0 atom stereocenters. The van der Waals surface area contributed by atoms with Gasteiger partial charge in [0, 0.05) is 29.9 Å². The summed E-state index contributed by atoms with van der Waals surface area (Å²) in [6, 6.07) is 7.65. The second-order valence-electron chi connectivity index (χ2n) is 7.61. The normalized spacial score (nSPS) is 14.6. The number of ether oxygens (including phenoxy) is 2. The molecular formula is C22H17F6N5O2. The molecule has 1 fully saturated rings. The lowest BCUT2D eigenvalue weighted by Crippen LogP contribution is -2.37. The molecule has 3 aromatic rings. The second kappa shape index (κ2) is 9.46. The molecule has 2 aromatic carbocycles. The van der Waals surface area contributed by atoms with Crippen molar-refractivity contribution in [2.24, 2.45) is 0 Å². The van der Waals surface area contributed by atoms with Crippen LogP contribution in [0.15, 0.2) is 36.4 Å². The molecule has 13 heteroatoms. The molecule has 35 heavy (non-hydrogen) atoms. The third kappa shape index (κ3) is 5.48. The fourth-order valence-electron chi connectivity index (χ4n) is 3.64. The van der Waals surface area contributed by atoms with E-state index in [-0.39, 0.29) is 28.3 Å². The molecule has 1 aliphatic rings. The maximum absolute atomic E-state index is 13.5. The third-order valence-corrected chi connectivity index (χ3v) is 5.31. The quantitative estimate of drug-likeness (QED) is 0.510. The Balaban J connectivity index is 1.70. The topological polar surface area (TPSA) is 87.1 Å². The molecule has 1 aliphatic heterocycles. The molecule has 0 saturated carbocycles. The molecule has 7 nitrogen and oxygen atoms in total. The van der Waals surface area contributed by atoms with Crippen LogP contribution in [-0.4, -0.2) is 41.7 Å². The predicted molar refractivity (Wildman–Crippen MR) is 110 cm³/mol. The van der Waals surface area contributed by atoms with Crippen LogP contribution >= 0.6 is 0 Å². The number of morpholine rings is 1. The van der Waals surface area contributed by atoms with Crippen molar-refractivity contribution in [2.45, 2.75) is 19.0 Å². The lowest BCUT2D eigenvalue weighted by molar-refractivity contribution is -0.138. The van der Waals surface area contributed by atoms with Gasteiger partial charge in [-0.25, -0.2) is 0 Å². The van der Waals surface area contributed by atoms with Gasteiger partial charge in [-0.05, 0) is 36.4 Å². The molecule has 1 saturated heterocycles. The van der Waals surface area contributed by atoms with Gasteiger partial charge in [0.2, 0.25) is 0 Å². The van der Waals surface area contributed by atoms with Crippen molar-refractivity contribution in [2.75, 3.05) is 31.2 Å². The number of aromatic nitrogens is 3. The Bertz CT molecular complexity index is 1240. The summed E-state index contributed by atoms with van der Waals surface area (Å²) in [4.78, 5) is 1.83. The van der Waals surface area contributed by atoms with E-state index in [9.17, 15) is 26.3 Å². The number of anilines is 1. The molecule has 0 amide bonds. The summed E-state index contributed by atoms with van der Waals surface area (Å²) in [5, 5.41) is 18.6. The molecule has 0 spiro atoms. The zero-order chi connectivity index (χ0) is 25.2. The van der Waals surface area contributed by atoms with Crippen LogP contribution in [0.2, 0.25) is 0 Å². The molecular weight excluding hydrogens is 480 g/mol. The summed E-state index contributed by atoms with van der Waals surface area (Å²) in [6.07, 6.45) is -9.36. The van der Waals surface area contributed by atoms with E-state index in [2.05, 4.69) is 15.4 Å². The van der Waals surface area contributed by atoms with Crippen molar-refractivity contribution in [3.05, 3.63) is 58.8 Å². The van der Waals surface area contributed by atoms with Crippen LogP contribution in [-0.2, 0) is 23.7 Å². The Morgan fingerprint density at radius 2 is 1.69 bits per heavy atom. The maximum atomic E-state index is 13.5. The first-order chi connectivity index (χ1) is 16.6. The summed E-state index contributed by atoms with van der Waals surface area (Å²) in [5.41, 5.74) is -1.78. The summed E-state index contributed by atoms with van der Waals surface area (Å²) in [5.74, 6) is -0.257. The van der Waals surface area contributed by atoms with Crippen molar-refractivity contribution >= 4 is 5.69 Å². The van der Waals surface area contributed by atoms with Gasteiger partial charge in [-0.3, -0.25) is 0 Å². The summed E-state index contributed by atoms with van der Waals surface area (Å²) < 4.78 is 91.4. The highest BCUT2D eigenvalue weighted by Crippen LogP contribution is 2.37. The minimum absolute atomic E-state index is 0.0856. The highest BCUT2D eigenvalue weighted by Gasteiger charge is 2.33. The van der Waals surface area contributed by atoms with Gasteiger partial charge in [0.05, 0.1) is 24.3 Å². The maximum Gasteiger partial charge on any atom is 0.416 e. The Morgan fingerprint density at radius 1 is 0.971 bits per heavy atom. The van der Waals surface area contributed by atoms with E-state index in [1.807, 2.05) is 4.90 Å². The Morgan fingerprint density at radius 3 is 2.34 bits per heavy atom. The lowest BCUT2D eigenvalue weighted by Gasteiger charge is -2.31. The molecule has 4 rings (SSSR count). The van der Waals surface area contributed by atoms with Gasteiger partial charge in [0.1, 0.15) is 24.1 Å². The average Bonchev–Trinajstić information content (AvgIpc) is 3.31. The van der Waals surface area contributed by atoms with Gasteiger partial charge in [-0.15, -0.1) is 5.10 Å². The number of rotatable bonds is 5. The first-order valence-corrected chi connectivity index (χ1v) is 10.3. The number of hydrogen-bond donors (Lipinski definition) is 1. The third-order valence-electron chi connectivity index (χ3n) is 5.31. The van der Waals surface area contributed by atoms with Gasteiger partial charge in [0.15, 0.2) is 5.69 Å². The van der Waals surface area contributed by atoms with E-state index in [1.54, 1.807) is 6.07 Å².